The first-order chi connectivity index (χ1) is 6.68. The van der Waals surface area contributed by atoms with Gasteiger partial charge in [0.05, 0.1) is 17.6 Å². The summed E-state index contributed by atoms with van der Waals surface area (Å²) in [4.78, 5) is 0. The highest BCUT2D eigenvalue weighted by Crippen LogP contribution is 2.24. The van der Waals surface area contributed by atoms with Crippen molar-refractivity contribution >= 4 is 9.84 Å². The molecule has 4 nitrogen and oxygen atoms in total. The largest absolute Gasteiger partial charge is 0.362 e. The van der Waals surface area contributed by atoms with Gasteiger partial charge in [0.15, 0.2) is 9.84 Å². The number of ether oxygens (including phenoxy) is 1. The first kappa shape index (κ1) is 10.4. The molecular weight excluding hydrogens is 202 g/mol. The quantitative estimate of drug-likeness (QED) is 0.725. The minimum atomic E-state index is -2.83. The standard InChI is InChI=1S/C9H17NO3S/c11-14(12)6-2-1-3-8(14)7-9-10-4-5-13-9/h8-10H,1-7H2. The van der Waals surface area contributed by atoms with Crippen molar-refractivity contribution in [2.75, 3.05) is 18.9 Å². The molecule has 2 aliphatic rings. The lowest BCUT2D eigenvalue weighted by atomic mass is 10.1. The van der Waals surface area contributed by atoms with Crippen molar-refractivity contribution in [2.45, 2.75) is 37.2 Å². The summed E-state index contributed by atoms with van der Waals surface area (Å²) in [5, 5.41) is 2.98. The number of hydrogen-bond donors (Lipinski definition) is 1. The van der Waals surface area contributed by atoms with Gasteiger partial charge in [0.2, 0.25) is 0 Å². The van der Waals surface area contributed by atoms with E-state index < -0.39 is 9.84 Å². The Morgan fingerprint density at radius 2 is 2.21 bits per heavy atom. The monoisotopic (exact) mass is 219 g/mol. The van der Waals surface area contributed by atoms with Crippen LogP contribution in [-0.4, -0.2) is 38.8 Å². The zero-order valence-corrected chi connectivity index (χ0v) is 9.05. The Balaban J connectivity index is 1.94. The van der Waals surface area contributed by atoms with Crippen LogP contribution in [0, 0.1) is 0 Å². The smallest absolute Gasteiger partial charge is 0.153 e. The molecule has 0 aromatic rings. The van der Waals surface area contributed by atoms with Crippen LogP contribution in [0.4, 0.5) is 0 Å². The summed E-state index contributed by atoms with van der Waals surface area (Å²) in [5.74, 6) is 0.365. The molecule has 0 radical (unpaired) electrons. The van der Waals surface area contributed by atoms with E-state index in [1.807, 2.05) is 0 Å². The molecule has 0 spiro atoms. The van der Waals surface area contributed by atoms with E-state index in [-0.39, 0.29) is 11.5 Å². The van der Waals surface area contributed by atoms with Gasteiger partial charge in [-0.1, -0.05) is 6.42 Å². The average Bonchev–Trinajstić information content (AvgIpc) is 2.61. The maximum atomic E-state index is 11.7. The second-order valence-electron chi connectivity index (χ2n) is 4.03. The van der Waals surface area contributed by atoms with Gasteiger partial charge in [-0.2, -0.15) is 0 Å². The van der Waals surface area contributed by atoms with Crippen molar-refractivity contribution in [3.63, 3.8) is 0 Å². The van der Waals surface area contributed by atoms with E-state index in [0.29, 0.717) is 18.8 Å². The van der Waals surface area contributed by atoms with Crippen LogP contribution >= 0.6 is 0 Å². The summed E-state index contributed by atoms with van der Waals surface area (Å²) in [6.45, 7) is 1.55. The minimum Gasteiger partial charge on any atom is -0.362 e. The Morgan fingerprint density at radius 3 is 2.86 bits per heavy atom. The summed E-state index contributed by atoms with van der Waals surface area (Å²) >= 11 is 0. The highest BCUT2D eigenvalue weighted by Gasteiger charge is 2.32. The van der Waals surface area contributed by atoms with Gasteiger partial charge < -0.3 is 4.74 Å². The van der Waals surface area contributed by atoms with E-state index >= 15 is 0 Å². The number of hydrogen-bond acceptors (Lipinski definition) is 4. The van der Waals surface area contributed by atoms with Gasteiger partial charge >= 0.3 is 0 Å². The molecule has 1 N–H and O–H groups in total. The van der Waals surface area contributed by atoms with Gasteiger partial charge in [0, 0.05) is 13.0 Å². The van der Waals surface area contributed by atoms with Crippen LogP contribution in [0.15, 0.2) is 0 Å². The molecule has 14 heavy (non-hydrogen) atoms. The van der Waals surface area contributed by atoms with Gasteiger partial charge in [-0.25, -0.2) is 8.42 Å². The molecule has 2 atom stereocenters. The third-order valence-corrected chi connectivity index (χ3v) is 5.28. The first-order valence-electron chi connectivity index (χ1n) is 5.25. The molecule has 5 heteroatoms. The van der Waals surface area contributed by atoms with Gasteiger partial charge in [-0.05, 0) is 12.8 Å². The highest BCUT2D eigenvalue weighted by atomic mass is 32.2. The summed E-state index contributed by atoms with van der Waals surface area (Å²) in [5.41, 5.74) is 0. The lowest BCUT2D eigenvalue weighted by molar-refractivity contribution is 0.0923. The maximum Gasteiger partial charge on any atom is 0.153 e. The van der Waals surface area contributed by atoms with Crippen molar-refractivity contribution in [2.24, 2.45) is 0 Å². The van der Waals surface area contributed by atoms with Crippen LogP contribution in [0.2, 0.25) is 0 Å². The number of nitrogens with one attached hydrogen (secondary N) is 1. The molecule has 2 fully saturated rings. The maximum absolute atomic E-state index is 11.7. The molecule has 0 amide bonds. The molecule has 2 aliphatic heterocycles. The van der Waals surface area contributed by atoms with Crippen LogP contribution in [-0.2, 0) is 14.6 Å². The van der Waals surface area contributed by atoms with Crippen molar-refractivity contribution in [1.82, 2.24) is 5.32 Å². The fourth-order valence-electron chi connectivity index (χ4n) is 2.16. The van der Waals surface area contributed by atoms with Crippen molar-refractivity contribution in [3.8, 4) is 0 Å². The normalized spacial score (nSPS) is 37.1. The topological polar surface area (TPSA) is 55.4 Å². The van der Waals surface area contributed by atoms with Crippen molar-refractivity contribution < 1.29 is 13.2 Å². The van der Waals surface area contributed by atoms with E-state index in [0.717, 1.165) is 25.8 Å². The second kappa shape index (κ2) is 4.16. The molecule has 2 saturated heterocycles. The minimum absolute atomic E-state index is 0.0344. The average molecular weight is 219 g/mol. The Labute approximate surface area is 84.9 Å². The molecule has 0 aromatic carbocycles. The lowest BCUT2D eigenvalue weighted by Crippen LogP contribution is -2.35. The first-order valence-corrected chi connectivity index (χ1v) is 6.96. The van der Waals surface area contributed by atoms with Crippen LogP contribution in [0.3, 0.4) is 0 Å². The van der Waals surface area contributed by atoms with E-state index in [4.69, 9.17) is 4.74 Å². The van der Waals surface area contributed by atoms with Gasteiger partial charge in [0.1, 0.15) is 6.23 Å². The summed E-state index contributed by atoms with van der Waals surface area (Å²) in [6.07, 6.45) is 3.27. The highest BCUT2D eigenvalue weighted by molar-refractivity contribution is 7.92. The molecule has 2 heterocycles. The zero-order chi connectivity index (χ0) is 10.0. The number of rotatable bonds is 2. The zero-order valence-electron chi connectivity index (χ0n) is 8.24. The summed E-state index contributed by atoms with van der Waals surface area (Å²) in [6, 6.07) is 0. The van der Waals surface area contributed by atoms with E-state index in [9.17, 15) is 8.42 Å². The second-order valence-corrected chi connectivity index (χ2v) is 6.43. The molecule has 0 aliphatic carbocycles. The molecule has 0 bridgehead atoms. The lowest BCUT2D eigenvalue weighted by Gasteiger charge is -2.24. The van der Waals surface area contributed by atoms with E-state index in [1.165, 1.54) is 0 Å². The molecule has 2 rings (SSSR count). The third-order valence-electron chi connectivity index (χ3n) is 2.98. The SMILES string of the molecule is O=S1(=O)CCCCC1CC1NCCO1. The predicted molar refractivity (Wildman–Crippen MR) is 53.8 cm³/mol. The predicted octanol–water partition coefficient (Wildman–Crippen LogP) is 0.290. The Morgan fingerprint density at radius 1 is 1.36 bits per heavy atom. The Kier molecular flexibility index (Phi) is 3.09. The fourth-order valence-corrected chi connectivity index (χ4v) is 4.09. The number of sulfone groups is 1. The van der Waals surface area contributed by atoms with Crippen molar-refractivity contribution in [1.29, 1.82) is 0 Å². The molecular formula is C9H17NO3S. The van der Waals surface area contributed by atoms with Crippen LogP contribution in [0.25, 0.3) is 0 Å². The van der Waals surface area contributed by atoms with Crippen LogP contribution in [0.5, 0.6) is 0 Å². The summed E-state index contributed by atoms with van der Waals surface area (Å²) in [7, 11) is -2.83. The van der Waals surface area contributed by atoms with Gasteiger partial charge in [-0.15, -0.1) is 0 Å². The van der Waals surface area contributed by atoms with Crippen LogP contribution in [0.1, 0.15) is 25.7 Å². The fraction of sp³-hybridized carbons (Fsp3) is 1.00. The Hall–Kier alpha value is -0.130. The van der Waals surface area contributed by atoms with Crippen molar-refractivity contribution in [3.05, 3.63) is 0 Å². The van der Waals surface area contributed by atoms with E-state index in [2.05, 4.69) is 5.32 Å². The summed E-state index contributed by atoms with van der Waals surface area (Å²) < 4.78 is 28.7. The van der Waals surface area contributed by atoms with E-state index in [1.54, 1.807) is 0 Å². The molecule has 82 valence electrons. The van der Waals surface area contributed by atoms with Gasteiger partial charge in [0.25, 0.3) is 0 Å². The molecule has 2 unspecified atom stereocenters. The molecule has 0 saturated carbocycles. The third kappa shape index (κ3) is 2.27. The molecule has 0 aromatic heterocycles. The van der Waals surface area contributed by atoms with Gasteiger partial charge in [-0.3, -0.25) is 5.32 Å². The Bertz CT molecular complexity index is 282. The van der Waals surface area contributed by atoms with Crippen LogP contribution < -0.4 is 5.32 Å².